The molecule has 0 saturated carbocycles. The second-order valence-electron chi connectivity index (χ2n) is 11.5. The third kappa shape index (κ3) is 8.34. The lowest BCUT2D eigenvalue weighted by atomic mass is 9.98. The topological polar surface area (TPSA) is 57.0 Å². The zero-order valence-electron chi connectivity index (χ0n) is 25.6. The van der Waals surface area contributed by atoms with Gasteiger partial charge in [-0.2, -0.15) is 0 Å². The largest absolute Gasteiger partial charge is 0.486 e. The molecule has 2 heterocycles. The molecule has 42 heavy (non-hydrogen) atoms. The maximum absolute atomic E-state index is 13.6. The summed E-state index contributed by atoms with van der Waals surface area (Å²) in [7, 11) is 0. The minimum atomic E-state index is -0.185. The molecule has 0 amide bonds. The molecule has 0 spiro atoms. The van der Waals surface area contributed by atoms with Gasteiger partial charge in [-0.05, 0) is 104 Å². The van der Waals surface area contributed by atoms with Gasteiger partial charge in [-0.3, -0.25) is 9.59 Å². The van der Waals surface area contributed by atoms with Crippen LogP contribution in [-0.4, -0.2) is 22.8 Å². The first-order valence-corrected chi connectivity index (χ1v) is 15.5. The molecule has 2 aromatic heterocycles. The lowest BCUT2D eigenvalue weighted by molar-refractivity contribution is -0.143. The second kappa shape index (κ2) is 15.4. The van der Waals surface area contributed by atoms with E-state index in [4.69, 9.17) is 9.47 Å². The molecule has 0 aliphatic carbocycles. The highest BCUT2D eigenvalue weighted by Crippen LogP contribution is 2.29. The summed E-state index contributed by atoms with van der Waals surface area (Å²) in [6.07, 6.45) is 9.10. The highest BCUT2D eigenvalue weighted by molar-refractivity contribution is 6.09. The highest BCUT2D eigenvalue weighted by atomic mass is 16.5. The third-order valence-corrected chi connectivity index (χ3v) is 7.58. The van der Waals surface area contributed by atoms with Crippen molar-refractivity contribution in [2.75, 3.05) is 6.61 Å². The highest BCUT2D eigenvalue weighted by Gasteiger charge is 2.18. The number of carbonyl (C=O) groups excluding carboxylic acids is 2. The second-order valence-corrected chi connectivity index (χ2v) is 11.5. The standard InChI is InChI=1S/C37H45NO4/c1-5-7-8-14-35(29-18-16-28(17-19-29)25-27(3)4)42-32-22-20-30(21-23-32)37(40)34-26-31(12-11-15-36(39)41-6-2)33-13-9-10-24-38(33)34/h9-10,13,16-24,26-27,35H,5-8,11-12,14-15,25H2,1-4H3. The van der Waals surface area contributed by atoms with E-state index in [1.807, 2.05) is 66.1 Å². The summed E-state index contributed by atoms with van der Waals surface area (Å²) in [6.45, 7) is 8.90. The number of aryl methyl sites for hydroxylation is 1. The molecule has 0 aliphatic rings. The maximum atomic E-state index is 13.6. The van der Waals surface area contributed by atoms with Gasteiger partial charge in [-0.15, -0.1) is 0 Å². The Labute approximate surface area is 250 Å². The Morgan fingerprint density at radius 2 is 1.64 bits per heavy atom. The van der Waals surface area contributed by atoms with Crippen LogP contribution in [0.4, 0.5) is 0 Å². The number of hydrogen-bond acceptors (Lipinski definition) is 4. The summed E-state index contributed by atoms with van der Waals surface area (Å²) in [5, 5.41) is 0. The number of unbranched alkanes of at least 4 members (excludes halogenated alkanes) is 2. The van der Waals surface area contributed by atoms with Crippen LogP contribution in [0.25, 0.3) is 5.52 Å². The van der Waals surface area contributed by atoms with E-state index in [0.717, 1.165) is 36.1 Å². The zero-order valence-corrected chi connectivity index (χ0v) is 25.6. The van der Waals surface area contributed by atoms with Gasteiger partial charge in [0.15, 0.2) is 0 Å². The van der Waals surface area contributed by atoms with Crippen molar-refractivity contribution in [3.63, 3.8) is 0 Å². The number of nitrogens with zero attached hydrogens (tertiary/aromatic N) is 1. The summed E-state index contributed by atoms with van der Waals surface area (Å²) in [5.41, 5.74) is 5.81. The molecule has 1 atom stereocenters. The molecule has 0 bridgehead atoms. The van der Waals surface area contributed by atoms with Crippen molar-refractivity contribution >= 4 is 17.3 Å². The lowest BCUT2D eigenvalue weighted by Crippen LogP contribution is -2.09. The predicted octanol–water partition coefficient (Wildman–Crippen LogP) is 8.96. The minimum Gasteiger partial charge on any atom is -0.486 e. The Morgan fingerprint density at radius 1 is 0.881 bits per heavy atom. The fourth-order valence-electron chi connectivity index (χ4n) is 5.47. The number of carbonyl (C=O) groups is 2. The molecule has 4 aromatic rings. The van der Waals surface area contributed by atoms with Crippen LogP contribution in [0.15, 0.2) is 79.0 Å². The maximum Gasteiger partial charge on any atom is 0.305 e. The molecule has 0 N–H and O–H groups in total. The quantitative estimate of drug-likeness (QED) is 0.0770. The molecular formula is C37H45NO4. The lowest BCUT2D eigenvalue weighted by Gasteiger charge is -2.20. The van der Waals surface area contributed by atoms with Crippen LogP contribution in [0.3, 0.4) is 0 Å². The van der Waals surface area contributed by atoms with E-state index in [-0.39, 0.29) is 17.9 Å². The molecule has 0 saturated heterocycles. The van der Waals surface area contributed by atoms with Crippen LogP contribution in [-0.2, 0) is 22.4 Å². The molecule has 0 fully saturated rings. The molecule has 0 radical (unpaired) electrons. The zero-order chi connectivity index (χ0) is 29.9. The molecule has 4 rings (SSSR count). The first-order chi connectivity index (χ1) is 20.4. The molecule has 5 heteroatoms. The molecular weight excluding hydrogens is 522 g/mol. The molecule has 222 valence electrons. The van der Waals surface area contributed by atoms with Crippen molar-refractivity contribution in [3.8, 4) is 5.75 Å². The van der Waals surface area contributed by atoms with Gasteiger partial charge in [0.1, 0.15) is 11.9 Å². The monoisotopic (exact) mass is 567 g/mol. The number of hydrogen-bond donors (Lipinski definition) is 0. The Kier molecular flexibility index (Phi) is 11.4. The Balaban J connectivity index is 1.48. The Morgan fingerprint density at radius 3 is 2.33 bits per heavy atom. The smallest absolute Gasteiger partial charge is 0.305 e. The number of fused-ring (bicyclic) bond motifs is 1. The summed E-state index contributed by atoms with van der Waals surface area (Å²) < 4.78 is 13.5. The van der Waals surface area contributed by atoms with E-state index in [0.29, 0.717) is 43.0 Å². The van der Waals surface area contributed by atoms with E-state index in [1.54, 1.807) is 0 Å². The van der Waals surface area contributed by atoms with Crippen molar-refractivity contribution in [1.29, 1.82) is 0 Å². The third-order valence-electron chi connectivity index (χ3n) is 7.58. The van der Waals surface area contributed by atoms with Crippen LogP contribution >= 0.6 is 0 Å². The van der Waals surface area contributed by atoms with E-state index in [1.165, 1.54) is 24.0 Å². The van der Waals surface area contributed by atoms with Gasteiger partial charge in [0.25, 0.3) is 0 Å². The van der Waals surface area contributed by atoms with Gasteiger partial charge >= 0.3 is 5.97 Å². The van der Waals surface area contributed by atoms with E-state index >= 15 is 0 Å². The number of esters is 1. The molecule has 1 unspecified atom stereocenters. The van der Waals surface area contributed by atoms with E-state index in [9.17, 15) is 9.59 Å². The normalized spacial score (nSPS) is 12.0. The van der Waals surface area contributed by atoms with Crippen LogP contribution in [0.2, 0.25) is 0 Å². The number of ether oxygens (including phenoxy) is 2. The Hall–Kier alpha value is -3.86. The number of rotatable bonds is 16. The van der Waals surface area contributed by atoms with Crippen molar-refractivity contribution in [1.82, 2.24) is 4.40 Å². The van der Waals surface area contributed by atoms with Gasteiger partial charge in [-0.1, -0.05) is 63.9 Å². The number of ketones is 1. The summed E-state index contributed by atoms with van der Waals surface area (Å²) in [5.74, 6) is 1.16. The average Bonchev–Trinajstić information content (AvgIpc) is 3.35. The molecule has 5 nitrogen and oxygen atoms in total. The van der Waals surface area contributed by atoms with Crippen LogP contribution in [0.1, 0.15) is 105 Å². The number of aromatic nitrogens is 1. The first-order valence-electron chi connectivity index (χ1n) is 15.5. The number of pyridine rings is 1. The summed E-state index contributed by atoms with van der Waals surface area (Å²) in [4.78, 5) is 25.4. The van der Waals surface area contributed by atoms with Crippen molar-refractivity contribution < 1.29 is 19.1 Å². The Bertz CT molecular complexity index is 1430. The molecule has 2 aromatic carbocycles. The van der Waals surface area contributed by atoms with Gasteiger partial charge in [0.2, 0.25) is 5.78 Å². The summed E-state index contributed by atoms with van der Waals surface area (Å²) in [6, 6.07) is 24.2. The average molecular weight is 568 g/mol. The van der Waals surface area contributed by atoms with Crippen LogP contribution in [0, 0.1) is 5.92 Å². The first kappa shape index (κ1) is 31.1. The van der Waals surface area contributed by atoms with Crippen LogP contribution in [0.5, 0.6) is 5.75 Å². The van der Waals surface area contributed by atoms with Gasteiger partial charge in [0.05, 0.1) is 12.3 Å². The van der Waals surface area contributed by atoms with Crippen molar-refractivity contribution in [3.05, 3.63) is 107 Å². The van der Waals surface area contributed by atoms with Crippen molar-refractivity contribution in [2.24, 2.45) is 5.92 Å². The number of benzene rings is 2. The fourth-order valence-corrected chi connectivity index (χ4v) is 5.47. The van der Waals surface area contributed by atoms with Crippen LogP contribution < -0.4 is 4.74 Å². The van der Waals surface area contributed by atoms with E-state index < -0.39 is 0 Å². The fraction of sp³-hybridized carbons (Fsp3) is 0.405. The summed E-state index contributed by atoms with van der Waals surface area (Å²) >= 11 is 0. The molecule has 0 aliphatic heterocycles. The van der Waals surface area contributed by atoms with Gasteiger partial charge in [0, 0.05) is 23.7 Å². The minimum absolute atomic E-state index is 0.0297. The predicted molar refractivity (Wildman–Crippen MR) is 169 cm³/mol. The van der Waals surface area contributed by atoms with Gasteiger partial charge in [-0.25, -0.2) is 0 Å². The van der Waals surface area contributed by atoms with E-state index in [2.05, 4.69) is 45.0 Å². The van der Waals surface area contributed by atoms with Gasteiger partial charge < -0.3 is 13.9 Å². The SMILES string of the molecule is CCCCCC(Oc1ccc(C(=O)c2cc(CCCC(=O)OCC)c3ccccn23)cc1)c1ccc(CC(C)C)cc1. The van der Waals surface area contributed by atoms with Crippen molar-refractivity contribution in [2.45, 2.75) is 85.2 Å².